The second kappa shape index (κ2) is 10.8. The average molecular weight is 481 g/mol. The van der Waals surface area contributed by atoms with Crippen molar-refractivity contribution >= 4 is 39.1 Å². The molecule has 0 fully saturated rings. The van der Waals surface area contributed by atoms with Crippen molar-refractivity contribution in [2.24, 2.45) is 0 Å². The van der Waals surface area contributed by atoms with Crippen molar-refractivity contribution in [1.29, 1.82) is 0 Å². The van der Waals surface area contributed by atoms with Crippen molar-refractivity contribution in [2.75, 3.05) is 17.2 Å². The van der Waals surface area contributed by atoms with E-state index in [2.05, 4.69) is 40.4 Å². The molecule has 0 unspecified atom stereocenters. The first-order valence-corrected chi connectivity index (χ1v) is 10.9. The van der Waals surface area contributed by atoms with Gasteiger partial charge in [-0.25, -0.2) is 0 Å². The average Bonchev–Trinajstić information content (AvgIpc) is 2.73. The molecule has 6 heteroatoms. The van der Waals surface area contributed by atoms with E-state index >= 15 is 0 Å². The van der Waals surface area contributed by atoms with Gasteiger partial charge in [0, 0.05) is 15.8 Å². The lowest BCUT2D eigenvalue weighted by molar-refractivity contribution is -0.118. The van der Waals surface area contributed by atoms with Crippen LogP contribution in [0.2, 0.25) is 0 Å². The van der Waals surface area contributed by atoms with E-state index in [1.165, 1.54) is 0 Å². The Morgan fingerprint density at radius 1 is 0.871 bits per heavy atom. The number of amides is 2. The third-order valence-electron chi connectivity index (χ3n) is 4.59. The Hall–Kier alpha value is -3.12. The highest BCUT2D eigenvalue weighted by Crippen LogP contribution is 2.29. The Morgan fingerprint density at radius 2 is 1.55 bits per heavy atom. The number of hydrogen-bond donors (Lipinski definition) is 2. The number of carbonyl (C=O) groups is 2. The Labute approximate surface area is 191 Å². The molecule has 5 nitrogen and oxygen atoms in total. The maximum absolute atomic E-state index is 12.4. The fourth-order valence-corrected chi connectivity index (χ4v) is 3.48. The van der Waals surface area contributed by atoms with Gasteiger partial charge in [0.2, 0.25) is 5.91 Å². The molecule has 3 rings (SSSR count). The van der Waals surface area contributed by atoms with Crippen molar-refractivity contribution in [3.05, 3.63) is 88.4 Å². The van der Waals surface area contributed by atoms with Crippen LogP contribution in [0.3, 0.4) is 0 Å². The molecule has 2 N–H and O–H groups in total. The molecule has 0 aliphatic carbocycles. The van der Waals surface area contributed by atoms with E-state index in [9.17, 15) is 9.59 Å². The third-order valence-corrected chi connectivity index (χ3v) is 5.08. The highest BCUT2D eigenvalue weighted by Gasteiger charge is 2.11. The summed E-state index contributed by atoms with van der Waals surface area (Å²) in [6.07, 6.45) is 0.288. The molecule has 0 atom stereocenters. The first-order valence-electron chi connectivity index (χ1n) is 10.1. The predicted molar refractivity (Wildman–Crippen MR) is 128 cm³/mol. The lowest BCUT2D eigenvalue weighted by Gasteiger charge is -2.14. The highest BCUT2D eigenvalue weighted by atomic mass is 79.9. The lowest BCUT2D eigenvalue weighted by Crippen LogP contribution is -2.21. The molecule has 0 aliphatic heterocycles. The van der Waals surface area contributed by atoms with Crippen LogP contribution >= 0.6 is 15.9 Å². The Bertz CT molecular complexity index is 1050. The minimum atomic E-state index is -0.273. The van der Waals surface area contributed by atoms with Gasteiger partial charge in [-0.3, -0.25) is 9.59 Å². The number of halogens is 1. The molecule has 0 aromatic heterocycles. The summed E-state index contributed by atoms with van der Waals surface area (Å²) in [5, 5.41) is 5.67. The standard InChI is InChI=1S/C25H25BrN2O3/c1-17(2)22-14-19(26)11-12-23(22)31-16-25(30)28-21-10-6-9-20(15-21)27-24(29)13-18-7-4-3-5-8-18/h3-12,14-15,17H,13,16H2,1-2H3,(H,27,29)(H,28,30). The molecule has 0 heterocycles. The molecule has 0 saturated carbocycles. The topological polar surface area (TPSA) is 67.4 Å². The summed E-state index contributed by atoms with van der Waals surface area (Å²) < 4.78 is 6.72. The number of hydrogen-bond acceptors (Lipinski definition) is 3. The van der Waals surface area contributed by atoms with E-state index in [0.717, 1.165) is 15.6 Å². The van der Waals surface area contributed by atoms with Crippen LogP contribution < -0.4 is 15.4 Å². The largest absolute Gasteiger partial charge is 0.483 e. The summed E-state index contributed by atoms with van der Waals surface area (Å²) in [5.74, 6) is 0.571. The molecule has 0 aliphatic rings. The van der Waals surface area contributed by atoms with Crippen LogP contribution in [-0.2, 0) is 16.0 Å². The maximum Gasteiger partial charge on any atom is 0.262 e. The summed E-state index contributed by atoms with van der Waals surface area (Å²) >= 11 is 3.47. The van der Waals surface area contributed by atoms with Crippen LogP contribution in [0.4, 0.5) is 11.4 Å². The van der Waals surface area contributed by atoms with Crippen LogP contribution in [0.15, 0.2) is 77.3 Å². The molecule has 2 amide bonds. The maximum atomic E-state index is 12.4. The van der Waals surface area contributed by atoms with E-state index in [4.69, 9.17) is 4.74 Å². The zero-order chi connectivity index (χ0) is 22.2. The second-order valence-corrected chi connectivity index (χ2v) is 8.38. The second-order valence-electron chi connectivity index (χ2n) is 7.47. The number of nitrogens with one attached hydrogen (secondary N) is 2. The highest BCUT2D eigenvalue weighted by molar-refractivity contribution is 9.10. The van der Waals surface area contributed by atoms with Gasteiger partial charge in [0.1, 0.15) is 5.75 Å². The smallest absolute Gasteiger partial charge is 0.262 e. The van der Waals surface area contributed by atoms with E-state index in [1.807, 2.05) is 48.5 Å². The molecular weight excluding hydrogens is 456 g/mol. The summed E-state index contributed by atoms with van der Waals surface area (Å²) in [7, 11) is 0. The van der Waals surface area contributed by atoms with Crippen molar-refractivity contribution < 1.29 is 14.3 Å². The quantitative estimate of drug-likeness (QED) is 0.429. The first kappa shape index (κ1) is 22.6. The first-order chi connectivity index (χ1) is 14.9. The van der Waals surface area contributed by atoms with Gasteiger partial charge >= 0.3 is 0 Å². The van der Waals surface area contributed by atoms with Crippen molar-refractivity contribution in [1.82, 2.24) is 0 Å². The summed E-state index contributed by atoms with van der Waals surface area (Å²) in [5.41, 5.74) is 3.18. The monoisotopic (exact) mass is 480 g/mol. The minimum absolute atomic E-state index is 0.105. The number of ether oxygens (including phenoxy) is 1. The molecule has 3 aromatic carbocycles. The van der Waals surface area contributed by atoms with E-state index in [0.29, 0.717) is 17.1 Å². The van der Waals surface area contributed by atoms with Crippen LogP contribution in [0.5, 0.6) is 5.75 Å². The van der Waals surface area contributed by atoms with Gasteiger partial charge in [-0.1, -0.05) is 66.2 Å². The summed E-state index contributed by atoms with van der Waals surface area (Å²) in [6, 6.07) is 22.3. The van der Waals surface area contributed by atoms with Gasteiger partial charge in [0.25, 0.3) is 5.91 Å². The van der Waals surface area contributed by atoms with E-state index in [1.54, 1.807) is 24.3 Å². The van der Waals surface area contributed by atoms with Gasteiger partial charge in [0.05, 0.1) is 6.42 Å². The minimum Gasteiger partial charge on any atom is -0.483 e. The molecular formula is C25H25BrN2O3. The molecule has 0 spiro atoms. The molecule has 0 saturated heterocycles. The summed E-state index contributed by atoms with van der Waals surface area (Å²) in [4.78, 5) is 24.6. The van der Waals surface area contributed by atoms with Gasteiger partial charge in [-0.15, -0.1) is 0 Å². The van der Waals surface area contributed by atoms with E-state index in [-0.39, 0.29) is 30.8 Å². The number of carbonyl (C=O) groups excluding carboxylic acids is 2. The fraction of sp³-hybridized carbons (Fsp3) is 0.200. The third kappa shape index (κ3) is 6.96. The van der Waals surface area contributed by atoms with Gasteiger partial charge in [0.15, 0.2) is 6.61 Å². The number of anilines is 2. The van der Waals surface area contributed by atoms with Gasteiger partial charge < -0.3 is 15.4 Å². The number of rotatable bonds is 8. The molecule has 160 valence electrons. The molecule has 0 bridgehead atoms. The fourth-order valence-electron chi connectivity index (χ4n) is 3.10. The molecule has 3 aromatic rings. The van der Waals surface area contributed by atoms with Crippen molar-refractivity contribution in [3.8, 4) is 5.75 Å². The summed E-state index contributed by atoms with van der Waals surface area (Å²) in [6.45, 7) is 4.05. The zero-order valence-corrected chi connectivity index (χ0v) is 19.1. The Balaban J connectivity index is 1.56. The van der Waals surface area contributed by atoms with Gasteiger partial charge in [-0.05, 0) is 53.4 Å². The SMILES string of the molecule is CC(C)c1cc(Br)ccc1OCC(=O)Nc1cccc(NC(=O)Cc2ccccc2)c1. The normalized spacial score (nSPS) is 10.6. The predicted octanol–water partition coefficient (Wildman–Crippen LogP) is 5.77. The van der Waals surface area contributed by atoms with Crippen LogP contribution in [0.1, 0.15) is 30.9 Å². The van der Waals surface area contributed by atoms with Gasteiger partial charge in [-0.2, -0.15) is 0 Å². The Kier molecular flexibility index (Phi) is 7.84. The molecule has 0 radical (unpaired) electrons. The Morgan fingerprint density at radius 3 is 2.23 bits per heavy atom. The van der Waals surface area contributed by atoms with Crippen LogP contribution in [0, 0.1) is 0 Å². The zero-order valence-electron chi connectivity index (χ0n) is 17.5. The van der Waals surface area contributed by atoms with E-state index < -0.39 is 0 Å². The number of benzene rings is 3. The van der Waals surface area contributed by atoms with Crippen LogP contribution in [-0.4, -0.2) is 18.4 Å². The molecule has 31 heavy (non-hydrogen) atoms. The lowest BCUT2D eigenvalue weighted by atomic mass is 10.0. The van der Waals surface area contributed by atoms with Crippen molar-refractivity contribution in [2.45, 2.75) is 26.2 Å². The van der Waals surface area contributed by atoms with Crippen LogP contribution in [0.25, 0.3) is 0 Å². The van der Waals surface area contributed by atoms with Crippen molar-refractivity contribution in [3.63, 3.8) is 0 Å².